The molecule has 10 heteroatoms. The van der Waals surface area contributed by atoms with Gasteiger partial charge in [-0.15, -0.1) is 0 Å². The lowest BCUT2D eigenvalue weighted by Crippen LogP contribution is -2.39. The number of allylic oxidation sites excluding steroid dienone is 1. The van der Waals surface area contributed by atoms with Gasteiger partial charge >= 0.3 is 18.1 Å². The Hall–Kier alpha value is -2.85. The number of carbonyl (C=O) groups excluding carboxylic acids is 1. The number of dihydropyridines is 1. The highest BCUT2D eigenvalue weighted by Crippen LogP contribution is 2.44. The van der Waals surface area contributed by atoms with Crippen LogP contribution in [0.25, 0.3) is 0 Å². The van der Waals surface area contributed by atoms with Gasteiger partial charge in [0, 0.05) is 18.9 Å². The molecule has 0 radical (unpaired) electrons. The zero-order chi connectivity index (χ0) is 24.1. The van der Waals surface area contributed by atoms with Crippen molar-refractivity contribution in [3.8, 4) is 0 Å². The van der Waals surface area contributed by atoms with E-state index in [-0.39, 0.29) is 42.4 Å². The molecule has 0 fully saturated rings. The number of aliphatic carboxylic acids is 1. The molecule has 1 unspecified atom stereocenters. The predicted molar refractivity (Wildman–Crippen MR) is 108 cm³/mol. The second kappa shape index (κ2) is 10.6. The van der Waals surface area contributed by atoms with Crippen molar-refractivity contribution >= 4 is 11.9 Å². The number of nitrogens with one attached hydrogen (secondary N) is 1. The molecule has 2 N–H and O–H groups in total. The van der Waals surface area contributed by atoms with Crippen molar-refractivity contribution in [3.63, 3.8) is 0 Å². The maximum absolute atomic E-state index is 13.8. The van der Waals surface area contributed by atoms with Crippen LogP contribution in [0.3, 0.4) is 0 Å². The summed E-state index contributed by atoms with van der Waals surface area (Å²) in [5.41, 5.74) is -2.07. The number of rotatable bonds is 9. The summed E-state index contributed by atoms with van der Waals surface area (Å²) in [5.74, 6) is -4.00. The van der Waals surface area contributed by atoms with Gasteiger partial charge in [0.25, 0.3) is 0 Å². The Morgan fingerprint density at radius 1 is 1.06 bits per heavy atom. The van der Waals surface area contributed by atoms with Crippen molar-refractivity contribution in [2.75, 3.05) is 19.8 Å². The second-order valence-electron chi connectivity index (χ2n) is 6.78. The van der Waals surface area contributed by atoms with Gasteiger partial charge in [0.15, 0.2) is 6.29 Å². The van der Waals surface area contributed by atoms with E-state index in [9.17, 15) is 27.9 Å². The Bertz CT molecular complexity index is 916. The number of hydrogen-bond acceptors (Lipinski definition) is 6. The molecule has 7 nitrogen and oxygen atoms in total. The lowest BCUT2D eigenvalue weighted by Gasteiger charge is -2.34. The molecule has 0 spiro atoms. The molecule has 1 aromatic rings. The Labute approximate surface area is 183 Å². The minimum atomic E-state index is -4.78. The van der Waals surface area contributed by atoms with E-state index in [2.05, 4.69) is 5.32 Å². The maximum atomic E-state index is 13.8. The van der Waals surface area contributed by atoms with Crippen molar-refractivity contribution in [2.45, 2.75) is 46.1 Å². The van der Waals surface area contributed by atoms with E-state index in [1.165, 1.54) is 26.0 Å². The molecule has 32 heavy (non-hydrogen) atoms. The first kappa shape index (κ1) is 25.4. The number of ether oxygens (including phenoxy) is 3. The van der Waals surface area contributed by atoms with E-state index in [0.717, 1.165) is 12.1 Å². The van der Waals surface area contributed by atoms with Gasteiger partial charge in [-0.2, -0.15) is 13.2 Å². The first-order chi connectivity index (χ1) is 15.1. The van der Waals surface area contributed by atoms with Crippen LogP contribution in [0, 0.1) is 0 Å². The van der Waals surface area contributed by atoms with Gasteiger partial charge in [0.05, 0.1) is 34.9 Å². The smallest absolute Gasteiger partial charge is 0.416 e. The van der Waals surface area contributed by atoms with E-state index in [1.807, 2.05) is 0 Å². The summed E-state index contributed by atoms with van der Waals surface area (Å²) in [6.07, 6.45) is -5.92. The van der Waals surface area contributed by atoms with Gasteiger partial charge in [-0.3, -0.25) is 0 Å². The largest absolute Gasteiger partial charge is 0.478 e. The fourth-order valence-electron chi connectivity index (χ4n) is 3.59. The fourth-order valence-corrected chi connectivity index (χ4v) is 3.59. The molecule has 0 bridgehead atoms. The molecule has 0 aliphatic carbocycles. The van der Waals surface area contributed by atoms with Crippen LogP contribution in [0.1, 0.15) is 44.7 Å². The van der Waals surface area contributed by atoms with Crippen molar-refractivity contribution in [1.82, 2.24) is 5.32 Å². The third-order valence-electron chi connectivity index (χ3n) is 4.77. The summed E-state index contributed by atoms with van der Waals surface area (Å²) in [7, 11) is 0. The minimum absolute atomic E-state index is 0.0108. The predicted octanol–water partition coefficient (Wildman–Crippen LogP) is 3.97. The topological polar surface area (TPSA) is 94.1 Å². The minimum Gasteiger partial charge on any atom is -0.478 e. The van der Waals surface area contributed by atoms with Crippen LogP contribution in [-0.2, 0) is 30.0 Å². The first-order valence-electron chi connectivity index (χ1n) is 10.1. The standard InChI is InChI=1S/C22H26F3NO6/c1-5-30-20(29)17-16(13-10-8-9-11-14(13)22(23,24)25)15(19(27)28)12(4)26-18(17)21(31-6-2)32-7-3/h8-11,16,21,26H,5-7H2,1-4H3,(H,27,28). The molecule has 0 saturated carbocycles. The monoisotopic (exact) mass is 457 g/mol. The molecule has 1 heterocycles. The van der Waals surface area contributed by atoms with Gasteiger partial charge in [-0.25, -0.2) is 9.59 Å². The maximum Gasteiger partial charge on any atom is 0.416 e. The van der Waals surface area contributed by atoms with Crippen molar-refractivity contribution in [1.29, 1.82) is 0 Å². The number of carbonyl (C=O) groups is 2. The zero-order valence-corrected chi connectivity index (χ0v) is 18.2. The summed E-state index contributed by atoms with van der Waals surface area (Å²) in [5, 5.41) is 12.7. The molecular formula is C22H26F3NO6. The Morgan fingerprint density at radius 2 is 1.66 bits per heavy atom. The number of alkyl halides is 3. The van der Waals surface area contributed by atoms with E-state index in [4.69, 9.17) is 14.2 Å². The van der Waals surface area contributed by atoms with Crippen LogP contribution in [0.4, 0.5) is 13.2 Å². The van der Waals surface area contributed by atoms with Crippen LogP contribution >= 0.6 is 0 Å². The van der Waals surface area contributed by atoms with Gasteiger partial charge < -0.3 is 24.6 Å². The summed E-state index contributed by atoms with van der Waals surface area (Å²) >= 11 is 0. The van der Waals surface area contributed by atoms with E-state index < -0.39 is 41.5 Å². The Balaban J connectivity index is 2.91. The number of benzene rings is 1. The first-order valence-corrected chi connectivity index (χ1v) is 10.1. The SMILES string of the molecule is CCOC(=O)C1=C(C(OCC)OCC)NC(C)=C(C(=O)O)C1c1ccccc1C(F)(F)F. The van der Waals surface area contributed by atoms with Crippen LogP contribution in [-0.4, -0.2) is 43.2 Å². The molecule has 176 valence electrons. The third kappa shape index (κ3) is 5.31. The molecule has 0 saturated heterocycles. The van der Waals surface area contributed by atoms with Crippen LogP contribution in [0.5, 0.6) is 0 Å². The quantitative estimate of drug-likeness (QED) is 0.428. The molecule has 1 aromatic carbocycles. The summed E-state index contributed by atoms with van der Waals surface area (Å²) in [6, 6.07) is 4.55. The lowest BCUT2D eigenvalue weighted by atomic mass is 9.78. The summed E-state index contributed by atoms with van der Waals surface area (Å²) < 4.78 is 57.8. The molecule has 2 rings (SSSR count). The van der Waals surface area contributed by atoms with Crippen molar-refractivity contribution in [3.05, 3.63) is 57.9 Å². The number of carboxylic acid groups (broad SMARTS) is 1. The van der Waals surface area contributed by atoms with Crippen molar-refractivity contribution < 1.29 is 42.1 Å². The third-order valence-corrected chi connectivity index (χ3v) is 4.77. The highest BCUT2D eigenvalue weighted by atomic mass is 19.4. The highest BCUT2D eigenvalue weighted by Gasteiger charge is 2.44. The number of halogens is 3. The van der Waals surface area contributed by atoms with Gasteiger partial charge in [-0.05, 0) is 39.3 Å². The zero-order valence-electron chi connectivity index (χ0n) is 18.2. The molecule has 1 aliphatic heterocycles. The summed E-state index contributed by atoms with van der Waals surface area (Å²) in [4.78, 5) is 25.2. The normalized spacial score (nSPS) is 16.9. The number of carboxylic acids is 1. The fraction of sp³-hybridized carbons (Fsp3) is 0.455. The van der Waals surface area contributed by atoms with Crippen LogP contribution in [0.15, 0.2) is 46.8 Å². The highest BCUT2D eigenvalue weighted by molar-refractivity contribution is 5.99. The lowest BCUT2D eigenvalue weighted by molar-refractivity contribution is -0.142. The van der Waals surface area contributed by atoms with E-state index >= 15 is 0 Å². The van der Waals surface area contributed by atoms with E-state index in [0.29, 0.717) is 0 Å². The number of hydrogen-bond donors (Lipinski definition) is 2. The molecule has 1 atom stereocenters. The molecule has 1 aliphatic rings. The van der Waals surface area contributed by atoms with Crippen LogP contribution < -0.4 is 5.32 Å². The van der Waals surface area contributed by atoms with Gasteiger partial charge in [0.1, 0.15) is 0 Å². The molecule has 0 aromatic heterocycles. The average Bonchev–Trinajstić information content (AvgIpc) is 2.72. The van der Waals surface area contributed by atoms with Gasteiger partial charge in [0.2, 0.25) is 0 Å². The van der Waals surface area contributed by atoms with E-state index in [1.54, 1.807) is 13.8 Å². The molecule has 0 amide bonds. The number of esters is 1. The Morgan fingerprint density at radius 3 is 2.16 bits per heavy atom. The second-order valence-corrected chi connectivity index (χ2v) is 6.78. The van der Waals surface area contributed by atoms with Gasteiger partial charge in [-0.1, -0.05) is 18.2 Å². The Kier molecular flexibility index (Phi) is 8.45. The van der Waals surface area contributed by atoms with Crippen molar-refractivity contribution in [2.24, 2.45) is 0 Å². The summed E-state index contributed by atoms with van der Waals surface area (Å²) in [6.45, 7) is 6.58. The van der Waals surface area contributed by atoms with Crippen LogP contribution in [0.2, 0.25) is 0 Å². The average molecular weight is 457 g/mol. The molecular weight excluding hydrogens is 431 g/mol.